The van der Waals surface area contributed by atoms with E-state index in [2.05, 4.69) is 33.8 Å². The van der Waals surface area contributed by atoms with E-state index >= 15 is 0 Å². The van der Waals surface area contributed by atoms with E-state index in [0.29, 0.717) is 18.1 Å². The van der Waals surface area contributed by atoms with Crippen LogP contribution in [-0.2, 0) is 4.79 Å². The molecule has 0 aliphatic heterocycles. The zero-order valence-electron chi connectivity index (χ0n) is 12.6. The van der Waals surface area contributed by atoms with E-state index < -0.39 is 0 Å². The summed E-state index contributed by atoms with van der Waals surface area (Å²) in [5.41, 5.74) is 3.37. The molecule has 2 rings (SSSR count). The maximum Gasteiger partial charge on any atom is 0.225 e. The van der Waals surface area contributed by atoms with Crippen LogP contribution in [0.15, 0.2) is 30.3 Å². The van der Waals surface area contributed by atoms with E-state index in [4.69, 9.17) is 0 Å². The first kappa shape index (κ1) is 15.0. The van der Waals surface area contributed by atoms with E-state index in [9.17, 15) is 4.79 Å². The molecule has 2 aromatic rings. The Kier molecular flexibility index (Phi) is 4.87. The van der Waals surface area contributed by atoms with Gasteiger partial charge in [0.25, 0.3) is 0 Å². The second-order valence-corrected chi connectivity index (χ2v) is 5.05. The zero-order chi connectivity index (χ0) is 15.2. The highest BCUT2D eigenvalue weighted by molar-refractivity contribution is 5.89. The van der Waals surface area contributed by atoms with Gasteiger partial charge in [-0.1, -0.05) is 24.6 Å². The first-order valence-electron chi connectivity index (χ1n) is 7.06. The third kappa shape index (κ3) is 4.27. The van der Waals surface area contributed by atoms with Crippen LogP contribution in [0.3, 0.4) is 0 Å². The summed E-state index contributed by atoms with van der Waals surface area (Å²) in [6.45, 7) is 6.06. The Hall–Kier alpha value is -2.43. The fraction of sp³-hybridized carbons (Fsp3) is 0.312. The molecular weight excluding hydrogens is 264 g/mol. The predicted molar refractivity (Wildman–Crippen MR) is 84.8 cm³/mol. The molecule has 5 nitrogen and oxygen atoms in total. The molecule has 0 atom stereocenters. The molecule has 0 radical (unpaired) electrons. The number of nitrogens with one attached hydrogen (secondary N) is 2. The standard InChI is InChI=1S/C16H20N4O/c1-4-5-16(21)18-15-9-8-14(19-20-15)17-13-7-6-11(2)10-12(13)3/h6-10H,4-5H2,1-3H3,(H,17,19)(H,18,20,21). The average Bonchev–Trinajstić information content (AvgIpc) is 2.44. The second-order valence-electron chi connectivity index (χ2n) is 5.05. The van der Waals surface area contributed by atoms with Crippen LogP contribution < -0.4 is 10.6 Å². The van der Waals surface area contributed by atoms with Gasteiger partial charge in [-0.25, -0.2) is 0 Å². The Morgan fingerprint density at radius 2 is 1.81 bits per heavy atom. The van der Waals surface area contributed by atoms with Gasteiger partial charge < -0.3 is 10.6 Å². The summed E-state index contributed by atoms with van der Waals surface area (Å²) in [5, 5.41) is 14.0. The molecule has 5 heteroatoms. The first-order chi connectivity index (χ1) is 10.1. The number of benzene rings is 1. The van der Waals surface area contributed by atoms with Gasteiger partial charge >= 0.3 is 0 Å². The first-order valence-corrected chi connectivity index (χ1v) is 7.06. The lowest BCUT2D eigenvalue weighted by atomic mass is 10.1. The molecule has 0 saturated heterocycles. The summed E-state index contributed by atoms with van der Waals surface area (Å²) in [6, 6.07) is 9.71. The zero-order valence-corrected chi connectivity index (χ0v) is 12.6. The molecule has 2 N–H and O–H groups in total. The highest BCUT2D eigenvalue weighted by Gasteiger charge is 2.04. The lowest BCUT2D eigenvalue weighted by Gasteiger charge is -2.09. The smallest absolute Gasteiger partial charge is 0.225 e. The molecule has 110 valence electrons. The van der Waals surface area contributed by atoms with Gasteiger partial charge in [-0.05, 0) is 44.0 Å². The lowest BCUT2D eigenvalue weighted by molar-refractivity contribution is -0.116. The summed E-state index contributed by atoms with van der Waals surface area (Å²) in [7, 11) is 0. The molecule has 0 spiro atoms. The lowest BCUT2D eigenvalue weighted by Crippen LogP contribution is -2.12. The number of carbonyl (C=O) groups excluding carboxylic acids is 1. The molecule has 0 fully saturated rings. The minimum atomic E-state index is -0.0399. The van der Waals surface area contributed by atoms with Gasteiger partial charge in [0, 0.05) is 12.1 Å². The van der Waals surface area contributed by atoms with Gasteiger partial charge in [0.15, 0.2) is 11.6 Å². The Balaban J connectivity index is 2.03. The highest BCUT2D eigenvalue weighted by Crippen LogP contribution is 2.20. The molecule has 1 aromatic heterocycles. The van der Waals surface area contributed by atoms with Crippen molar-refractivity contribution in [2.75, 3.05) is 10.6 Å². The molecule has 0 aliphatic carbocycles. The van der Waals surface area contributed by atoms with Crippen LogP contribution >= 0.6 is 0 Å². The molecule has 1 amide bonds. The molecule has 0 unspecified atom stereocenters. The summed E-state index contributed by atoms with van der Waals surface area (Å²) in [4.78, 5) is 11.5. The van der Waals surface area contributed by atoms with Crippen LogP contribution in [0, 0.1) is 13.8 Å². The number of anilines is 3. The molecule has 21 heavy (non-hydrogen) atoms. The minimum absolute atomic E-state index is 0.0399. The number of aryl methyl sites for hydroxylation is 2. The van der Waals surface area contributed by atoms with Gasteiger partial charge in [-0.15, -0.1) is 10.2 Å². The number of hydrogen-bond donors (Lipinski definition) is 2. The van der Waals surface area contributed by atoms with Crippen molar-refractivity contribution in [2.24, 2.45) is 0 Å². The third-order valence-electron chi connectivity index (χ3n) is 3.05. The average molecular weight is 284 g/mol. The van der Waals surface area contributed by atoms with Crippen molar-refractivity contribution in [3.8, 4) is 0 Å². The van der Waals surface area contributed by atoms with E-state index in [1.807, 2.05) is 26.0 Å². The van der Waals surface area contributed by atoms with Gasteiger partial charge in [0.05, 0.1) is 0 Å². The maximum absolute atomic E-state index is 11.5. The van der Waals surface area contributed by atoms with Crippen LogP contribution in [0.2, 0.25) is 0 Å². The number of rotatable bonds is 5. The van der Waals surface area contributed by atoms with Crippen molar-refractivity contribution in [1.29, 1.82) is 0 Å². The number of hydrogen-bond acceptors (Lipinski definition) is 4. The van der Waals surface area contributed by atoms with Gasteiger partial charge in [-0.2, -0.15) is 0 Å². The van der Waals surface area contributed by atoms with Crippen molar-refractivity contribution in [3.05, 3.63) is 41.5 Å². The Bertz CT molecular complexity index is 623. The van der Waals surface area contributed by atoms with Crippen LogP contribution in [0.1, 0.15) is 30.9 Å². The quantitative estimate of drug-likeness (QED) is 0.880. The number of carbonyl (C=O) groups is 1. The number of nitrogens with zero attached hydrogens (tertiary/aromatic N) is 2. The monoisotopic (exact) mass is 284 g/mol. The molecule has 1 heterocycles. The van der Waals surface area contributed by atoms with Crippen LogP contribution in [0.4, 0.5) is 17.3 Å². The number of aromatic nitrogens is 2. The topological polar surface area (TPSA) is 66.9 Å². The predicted octanol–water partition coefficient (Wildman–Crippen LogP) is 3.58. The van der Waals surface area contributed by atoms with Crippen LogP contribution in [-0.4, -0.2) is 16.1 Å². The Morgan fingerprint density at radius 3 is 2.43 bits per heavy atom. The van der Waals surface area contributed by atoms with Crippen LogP contribution in [0.5, 0.6) is 0 Å². The van der Waals surface area contributed by atoms with Crippen molar-refractivity contribution in [1.82, 2.24) is 10.2 Å². The fourth-order valence-electron chi connectivity index (χ4n) is 1.99. The molecule has 1 aromatic carbocycles. The fourth-order valence-corrected chi connectivity index (χ4v) is 1.99. The van der Waals surface area contributed by atoms with Crippen molar-refractivity contribution in [3.63, 3.8) is 0 Å². The van der Waals surface area contributed by atoms with Gasteiger partial charge in [0.2, 0.25) is 5.91 Å². The van der Waals surface area contributed by atoms with Crippen LogP contribution in [0.25, 0.3) is 0 Å². The molecule has 0 bridgehead atoms. The maximum atomic E-state index is 11.5. The Morgan fingerprint density at radius 1 is 1.10 bits per heavy atom. The SMILES string of the molecule is CCCC(=O)Nc1ccc(Nc2ccc(C)cc2C)nn1. The summed E-state index contributed by atoms with van der Waals surface area (Å²) in [6.07, 6.45) is 1.30. The summed E-state index contributed by atoms with van der Waals surface area (Å²) < 4.78 is 0. The van der Waals surface area contributed by atoms with Gasteiger partial charge in [-0.3, -0.25) is 4.79 Å². The molecule has 0 saturated carbocycles. The second kappa shape index (κ2) is 6.83. The van der Waals surface area contributed by atoms with E-state index in [1.54, 1.807) is 12.1 Å². The third-order valence-corrected chi connectivity index (χ3v) is 3.05. The summed E-state index contributed by atoms with van der Waals surface area (Å²) >= 11 is 0. The van der Waals surface area contributed by atoms with E-state index in [0.717, 1.165) is 17.7 Å². The summed E-state index contributed by atoms with van der Waals surface area (Å²) in [5.74, 6) is 1.08. The van der Waals surface area contributed by atoms with Gasteiger partial charge in [0.1, 0.15) is 0 Å². The van der Waals surface area contributed by atoms with Crippen molar-refractivity contribution in [2.45, 2.75) is 33.6 Å². The molecular formula is C16H20N4O. The normalized spacial score (nSPS) is 10.2. The highest BCUT2D eigenvalue weighted by atomic mass is 16.1. The van der Waals surface area contributed by atoms with E-state index in [1.165, 1.54) is 5.56 Å². The Labute approximate surface area is 124 Å². The minimum Gasteiger partial charge on any atom is -0.339 e. The van der Waals surface area contributed by atoms with Crippen molar-refractivity contribution < 1.29 is 4.79 Å². The number of amides is 1. The largest absolute Gasteiger partial charge is 0.339 e. The van der Waals surface area contributed by atoms with E-state index in [-0.39, 0.29) is 5.91 Å². The molecule has 0 aliphatic rings. The van der Waals surface area contributed by atoms with Crippen molar-refractivity contribution >= 4 is 23.2 Å².